The molecule has 2 rings (SSSR count). The summed E-state index contributed by atoms with van der Waals surface area (Å²) in [5.41, 5.74) is 0.698. The van der Waals surface area contributed by atoms with Crippen LogP contribution in [-0.2, 0) is 4.74 Å². The van der Waals surface area contributed by atoms with Gasteiger partial charge >= 0.3 is 0 Å². The highest BCUT2D eigenvalue weighted by Gasteiger charge is 2.22. The van der Waals surface area contributed by atoms with Gasteiger partial charge < -0.3 is 19.9 Å². The first kappa shape index (κ1) is 13.1. The highest BCUT2D eigenvalue weighted by atomic mass is 16.5. The maximum absolute atomic E-state index is 11.8. The number of hydrogen-bond donors (Lipinski definition) is 2. The lowest BCUT2D eigenvalue weighted by Gasteiger charge is -2.15. The molecular formula is C13H21N3O2. The fourth-order valence-corrected chi connectivity index (χ4v) is 2.31. The standard InChI is InChI=1S/C13H21N3O2/c1-18-7-6-16-5-3-11(10-16)8-15-13(17)12-2-4-14-9-12/h2,4,9,11,14H,3,5-8,10H2,1H3,(H,15,17)/t11-/m1/s1. The van der Waals surface area contributed by atoms with Crippen LogP contribution in [0.15, 0.2) is 18.5 Å². The molecule has 0 spiro atoms. The van der Waals surface area contributed by atoms with Crippen molar-refractivity contribution in [3.63, 3.8) is 0 Å². The van der Waals surface area contributed by atoms with Gasteiger partial charge in [0.05, 0.1) is 12.2 Å². The van der Waals surface area contributed by atoms with Crippen molar-refractivity contribution < 1.29 is 9.53 Å². The maximum atomic E-state index is 11.8. The summed E-state index contributed by atoms with van der Waals surface area (Å²) in [5.74, 6) is 0.566. The monoisotopic (exact) mass is 251 g/mol. The predicted octanol–water partition coefficient (Wildman–Crippen LogP) is 0.713. The molecule has 0 aliphatic carbocycles. The highest BCUT2D eigenvalue weighted by molar-refractivity contribution is 5.93. The van der Waals surface area contributed by atoms with Gasteiger partial charge in [0.25, 0.3) is 5.91 Å². The van der Waals surface area contributed by atoms with Gasteiger partial charge in [-0.05, 0) is 24.9 Å². The van der Waals surface area contributed by atoms with E-state index in [1.807, 2.05) is 0 Å². The van der Waals surface area contributed by atoms with Gasteiger partial charge in [-0.15, -0.1) is 0 Å². The van der Waals surface area contributed by atoms with Gasteiger partial charge in [-0.1, -0.05) is 0 Å². The molecule has 5 nitrogen and oxygen atoms in total. The molecule has 0 saturated carbocycles. The SMILES string of the molecule is COCCN1CC[C@H](CNC(=O)c2cc[nH]c2)C1. The number of H-pyrrole nitrogens is 1. The Morgan fingerprint density at radius 3 is 3.28 bits per heavy atom. The van der Waals surface area contributed by atoms with E-state index in [0.29, 0.717) is 11.5 Å². The van der Waals surface area contributed by atoms with Crippen molar-refractivity contribution >= 4 is 5.91 Å². The summed E-state index contributed by atoms with van der Waals surface area (Å²) in [4.78, 5) is 17.0. The summed E-state index contributed by atoms with van der Waals surface area (Å²) in [5, 5.41) is 2.99. The minimum Gasteiger partial charge on any atom is -0.383 e. The quantitative estimate of drug-likeness (QED) is 0.783. The highest BCUT2D eigenvalue weighted by Crippen LogP contribution is 2.14. The number of nitrogens with one attached hydrogen (secondary N) is 2. The molecule has 0 aromatic carbocycles. The van der Waals surface area contributed by atoms with Crippen molar-refractivity contribution in [2.45, 2.75) is 6.42 Å². The molecule has 2 N–H and O–H groups in total. The lowest BCUT2D eigenvalue weighted by Crippen LogP contribution is -2.31. The molecule has 1 aliphatic rings. The van der Waals surface area contributed by atoms with Gasteiger partial charge in [-0.3, -0.25) is 4.79 Å². The molecule has 1 saturated heterocycles. The molecule has 2 heterocycles. The summed E-state index contributed by atoms with van der Waals surface area (Å²) in [6.07, 6.45) is 4.63. The van der Waals surface area contributed by atoms with Crippen LogP contribution in [0.4, 0.5) is 0 Å². The number of amides is 1. The Morgan fingerprint density at radius 1 is 1.67 bits per heavy atom. The molecule has 0 bridgehead atoms. The van der Waals surface area contributed by atoms with E-state index in [9.17, 15) is 4.79 Å². The van der Waals surface area contributed by atoms with Gasteiger partial charge in [0.15, 0.2) is 0 Å². The number of hydrogen-bond acceptors (Lipinski definition) is 3. The smallest absolute Gasteiger partial charge is 0.252 e. The van der Waals surface area contributed by atoms with Crippen molar-refractivity contribution in [1.82, 2.24) is 15.2 Å². The van der Waals surface area contributed by atoms with Gasteiger partial charge in [0, 0.05) is 39.1 Å². The van der Waals surface area contributed by atoms with Crippen molar-refractivity contribution in [3.8, 4) is 0 Å². The zero-order chi connectivity index (χ0) is 12.8. The Morgan fingerprint density at radius 2 is 2.56 bits per heavy atom. The number of rotatable bonds is 6. The summed E-state index contributed by atoms with van der Waals surface area (Å²) in [6, 6.07) is 1.79. The number of carbonyl (C=O) groups is 1. The number of likely N-dealkylation sites (tertiary alicyclic amines) is 1. The second-order valence-electron chi connectivity index (χ2n) is 4.76. The first-order chi connectivity index (χ1) is 8.79. The molecule has 1 atom stereocenters. The third-order valence-corrected chi connectivity index (χ3v) is 3.39. The fraction of sp³-hybridized carbons (Fsp3) is 0.615. The second-order valence-corrected chi connectivity index (χ2v) is 4.76. The summed E-state index contributed by atoms with van der Waals surface area (Å²) in [6.45, 7) is 4.68. The Labute approximate surface area is 108 Å². The van der Waals surface area contributed by atoms with Gasteiger partial charge in [-0.2, -0.15) is 0 Å². The van der Waals surface area contributed by atoms with E-state index >= 15 is 0 Å². The number of methoxy groups -OCH3 is 1. The Balaban J connectivity index is 1.67. The van der Waals surface area contributed by atoms with Crippen LogP contribution < -0.4 is 5.32 Å². The second kappa shape index (κ2) is 6.56. The van der Waals surface area contributed by atoms with Crippen LogP contribution in [0.3, 0.4) is 0 Å². The summed E-state index contributed by atoms with van der Waals surface area (Å²) < 4.78 is 5.07. The molecule has 1 aliphatic heterocycles. The normalized spacial score (nSPS) is 20.2. The average Bonchev–Trinajstić information content (AvgIpc) is 3.04. The zero-order valence-electron chi connectivity index (χ0n) is 10.8. The van der Waals surface area contributed by atoms with E-state index in [1.165, 1.54) is 0 Å². The van der Waals surface area contributed by atoms with Crippen LogP contribution in [0.1, 0.15) is 16.8 Å². The lowest BCUT2D eigenvalue weighted by molar-refractivity contribution is 0.0947. The average molecular weight is 251 g/mol. The third kappa shape index (κ3) is 3.58. The van der Waals surface area contributed by atoms with Crippen molar-refractivity contribution in [1.29, 1.82) is 0 Å². The van der Waals surface area contributed by atoms with E-state index in [-0.39, 0.29) is 5.91 Å². The number of carbonyl (C=O) groups excluding carboxylic acids is 1. The Hall–Kier alpha value is -1.33. The van der Waals surface area contributed by atoms with Gasteiger partial charge in [0.1, 0.15) is 0 Å². The van der Waals surface area contributed by atoms with Crippen LogP contribution in [0, 0.1) is 5.92 Å². The van der Waals surface area contributed by atoms with E-state index in [1.54, 1.807) is 25.6 Å². The first-order valence-corrected chi connectivity index (χ1v) is 6.42. The number of aromatic amines is 1. The van der Waals surface area contributed by atoms with Crippen LogP contribution in [0.5, 0.6) is 0 Å². The van der Waals surface area contributed by atoms with Crippen molar-refractivity contribution in [2.24, 2.45) is 5.92 Å². The minimum atomic E-state index is 0.00610. The van der Waals surface area contributed by atoms with E-state index in [4.69, 9.17) is 4.74 Å². The topological polar surface area (TPSA) is 57.4 Å². The van der Waals surface area contributed by atoms with Crippen LogP contribution in [0.2, 0.25) is 0 Å². The van der Waals surface area contributed by atoms with Crippen LogP contribution >= 0.6 is 0 Å². The molecule has 0 unspecified atom stereocenters. The Bertz CT molecular complexity index is 364. The molecule has 1 aromatic rings. The summed E-state index contributed by atoms with van der Waals surface area (Å²) >= 11 is 0. The molecular weight excluding hydrogens is 230 g/mol. The summed E-state index contributed by atoms with van der Waals surface area (Å²) in [7, 11) is 1.73. The number of nitrogens with zero attached hydrogens (tertiary/aromatic N) is 1. The lowest BCUT2D eigenvalue weighted by atomic mass is 10.1. The Kier molecular flexibility index (Phi) is 4.78. The molecule has 1 aromatic heterocycles. The van der Waals surface area contributed by atoms with Gasteiger partial charge in [0.2, 0.25) is 0 Å². The maximum Gasteiger partial charge on any atom is 0.252 e. The molecule has 1 fully saturated rings. The molecule has 5 heteroatoms. The number of aromatic nitrogens is 1. The number of ether oxygens (including phenoxy) is 1. The first-order valence-electron chi connectivity index (χ1n) is 6.42. The molecule has 1 amide bonds. The van der Waals surface area contributed by atoms with Crippen LogP contribution in [0.25, 0.3) is 0 Å². The van der Waals surface area contributed by atoms with Crippen molar-refractivity contribution in [2.75, 3.05) is 39.9 Å². The third-order valence-electron chi connectivity index (χ3n) is 3.39. The predicted molar refractivity (Wildman–Crippen MR) is 69.5 cm³/mol. The molecule has 0 radical (unpaired) electrons. The van der Waals surface area contributed by atoms with Crippen molar-refractivity contribution in [3.05, 3.63) is 24.0 Å². The van der Waals surface area contributed by atoms with Crippen LogP contribution in [-0.4, -0.2) is 55.7 Å². The largest absolute Gasteiger partial charge is 0.383 e. The van der Waals surface area contributed by atoms with E-state index in [0.717, 1.165) is 39.2 Å². The fourth-order valence-electron chi connectivity index (χ4n) is 2.31. The van der Waals surface area contributed by atoms with E-state index < -0.39 is 0 Å². The zero-order valence-corrected chi connectivity index (χ0v) is 10.8. The minimum absolute atomic E-state index is 0.00610. The van der Waals surface area contributed by atoms with Gasteiger partial charge in [-0.25, -0.2) is 0 Å². The molecule has 100 valence electrons. The molecule has 18 heavy (non-hydrogen) atoms. The van der Waals surface area contributed by atoms with E-state index in [2.05, 4.69) is 15.2 Å².